The standard InChI is InChI=1S/C14H18BrClN2O/c1-17-10-3-5-11(6-4-10)18-14(19)12-7-2-9(16)8-13(12)15/h2,7-8,10-11,17H,3-6H2,1H3,(H,18,19). The Kier molecular flexibility index (Phi) is 5.25. The van der Waals surface area contributed by atoms with Crippen LogP contribution in [-0.4, -0.2) is 25.0 Å². The third kappa shape index (κ3) is 3.94. The molecule has 0 aromatic heterocycles. The largest absolute Gasteiger partial charge is 0.349 e. The highest BCUT2D eigenvalue weighted by Crippen LogP contribution is 2.23. The lowest BCUT2D eigenvalue weighted by atomic mass is 9.91. The lowest BCUT2D eigenvalue weighted by Gasteiger charge is -2.28. The summed E-state index contributed by atoms with van der Waals surface area (Å²) >= 11 is 9.25. The Morgan fingerprint density at radius 3 is 2.47 bits per heavy atom. The minimum Gasteiger partial charge on any atom is -0.349 e. The Hall–Kier alpha value is -0.580. The summed E-state index contributed by atoms with van der Waals surface area (Å²) in [5.41, 5.74) is 0.639. The van der Waals surface area contributed by atoms with E-state index in [-0.39, 0.29) is 11.9 Å². The van der Waals surface area contributed by atoms with Gasteiger partial charge in [0.05, 0.1) is 5.56 Å². The summed E-state index contributed by atoms with van der Waals surface area (Å²) in [6.07, 6.45) is 4.29. The van der Waals surface area contributed by atoms with Gasteiger partial charge in [0.25, 0.3) is 5.91 Å². The van der Waals surface area contributed by atoms with Gasteiger partial charge in [0.15, 0.2) is 0 Å². The number of benzene rings is 1. The number of halogens is 2. The molecule has 3 nitrogen and oxygen atoms in total. The summed E-state index contributed by atoms with van der Waals surface area (Å²) in [4.78, 5) is 12.2. The monoisotopic (exact) mass is 344 g/mol. The van der Waals surface area contributed by atoms with Crippen molar-refractivity contribution in [1.82, 2.24) is 10.6 Å². The first-order valence-corrected chi connectivity index (χ1v) is 7.70. The molecule has 0 heterocycles. The van der Waals surface area contributed by atoms with Gasteiger partial charge in [0.2, 0.25) is 0 Å². The summed E-state index contributed by atoms with van der Waals surface area (Å²) in [6.45, 7) is 0. The summed E-state index contributed by atoms with van der Waals surface area (Å²) in [5, 5.41) is 7.01. The summed E-state index contributed by atoms with van der Waals surface area (Å²) < 4.78 is 0.737. The highest BCUT2D eigenvalue weighted by atomic mass is 79.9. The normalized spacial score (nSPS) is 23.1. The van der Waals surface area contributed by atoms with Crippen molar-refractivity contribution in [2.45, 2.75) is 37.8 Å². The maximum absolute atomic E-state index is 12.2. The topological polar surface area (TPSA) is 41.1 Å². The third-order valence-electron chi connectivity index (χ3n) is 3.65. The Labute approximate surface area is 127 Å². The first-order chi connectivity index (χ1) is 9.10. The Bertz CT molecular complexity index is 459. The molecule has 0 radical (unpaired) electrons. The highest BCUT2D eigenvalue weighted by Gasteiger charge is 2.22. The molecule has 1 aliphatic carbocycles. The molecule has 0 unspecified atom stereocenters. The number of hydrogen-bond acceptors (Lipinski definition) is 2. The lowest BCUT2D eigenvalue weighted by Crippen LogP contribution is -2.41. The molecule has 0 bridgehead atoms. The van der Waals surface area contributed by atoms with Crippen LogP contribution in [0.1, 0.15) is 36.0 Å². The van der Waals surface area contributed by atoms with Gasteiger partial charge in [-0.2, -0.15) is 0 Å². The van der Waals surface area contributed by atoms with Crippen LogP contribution in [0.5, 0.6) is 0 Å². The molecule has 2 N–H and O–H groups in total. The molecule has 5 heteroatoms. The van der Waals surface area contributed by atoms with Crippen LogP contribution in [0.3, 0.4) is 0 Å². The van der Waals surface area contributed by atoms with Crippen molar-refractivity contribution < 1.29 is 4.79 Å². The molecule has 1 aromatic carbocycles. The van der Waals surface area contributed by atoms with Crippen molar-refractivity contribution in [2.75, 3.05) is 7.05 Å². The zero-order valence-corrected chi connectivity index (χ0v) is 13.2. The van der Waals surface area contributed by atoms with E-state index in [2.05, 4.69) is 26.6 Å². The van der Waals surface area contributed by atoms with Crippen LogP contribution in [0, 0.1) is 0 Å². The van der Waals surface area contributed by atoms with Gasteiger partial charge in [-0.15, -0.1) is 0 Å². The molecule has 19 heavy (non-hydrogen) atoms. The molecule has 0 spiro atoms. The maximum atomic E-state index is 12.2. The number of nitrogens with one attached hydrogen (secondary N) is 2. The first-order valence-electron chi connectivity index (χ1n) is 6.53. The molecule has 1 aliphatic rings. The Balaban J connectivity index is 1.94. The van der Waals surface area contributed by atoms with E-state index >= 15 is 0 Å². The van der Waals surface area contributed by atoms with Crippen molar-refractivity contribution >= 4 is 33.4 Å². The van der Waals surface area contributed by atoms with E-state index in [1.54, 1.807) is 18.2 Å². The summed E-state index contributed by atoms with van der Waals surface area (Å²) in [5.74, 6) is -0.0311. The molecule has 1 amide bonds. The van der Waals surface area contributed by atoms with E-state index < -0.39 is 0 Å². The quantitative estimate of drug-likeness (QED) is 0.882. The van der Waals surface area contributed by atoms with Gasteiger partial charge in [-0.1, -0.05) is 11.6 Å². The Morgan fingerprint density at radius 2 is 1.89 bits per heavy atom. The average molecular weight is 346 g/mol. The van der Waals surface area contributed by atoms with Crippen molar-refractivity contribution in [2.24, 2.45) is 0 Å². The molecular formula is C14H18BrClN2O. The van der Waals surface area contributed by atoms with Crippen LogP contribution < -0.4 is 10.6 Å². The molecule has 0 atom stereocenters. The van der Waals surface area contributed by atoms with Crippen LogP contribution in [0.2, 0.25) is 5.02 Å². The van der Waals surface area contributed by atoms with Crippen LogP contribution in [-0.2, 0) is 0 Å². The zero-order valence-electron chi connectivity index (χ0n) is 10.9. The van der Waals surface area contributed by atoms with Gasteiger partial charge in [-0.25, -0.2) is 0 Å². The minimum atomic E-state index is -0.0311. The number of rotatable bonds is 3. The maximum Gasteiger partial charge on any atom is 0.252 e. The van der Waals surface area contributed by atoms with Crippen LogP contribution in [0.25, 0.3) is 0 Å². The zero-order chi connectivity index (χ0) is 13.8. The molecule has 0 saturated heterocycles. The second-order valence-corrected chi connectivity index (χ2v) is 6.23. The molecule has 104 valence electrons. The van der Waals surface area contributed by atoms with E-state index in [0.717, 1.165) is 30.2 Å². The molecular weight excluding hydrogens is 328 g/mol. The number of hydrogen-bond donors (Lipinski definition) is 2. The van der Waals surface area contributed by atoms with Gasteiger partial charge in [0, 0.05) is 21.6 Å². The van der Waals surface area contributed by atoms with Crippen LogP contribution in [0.4, 0.5) is 0 Å². The molecule has 1 fully saturated rings. The van der Waals surface area contributed by atoms with Gasteiger partial charge >= 0.3 is 0 Å². The third-order valence-corrected chi connectivity index (χ3v) is 4.54. The van der Waals surface area contributed by atoms with Crippen LogP contribution >= 0.6 is 27.5 Å². The van der Waals surface area contributed by atoms with Crippen molar-refractivity contribution in [3.05, 3.63) is 33.3 Å². The van der Waals surface area contributed by atoms with Gasteiger partial charge in [-0.3, -0.25) is 4.79 Å². The lowest BCUT2D eigenvalue weighted by molar-refractivity contribution is 0.0924. The fraction of sp³-hybridized carbons (Fsp3) is 0.500. The minimum absolute atomic E-state index is 0.0311. The molecule has 0 aliphatic heterocycles. The second kappa shape index (κ2) is 6.73. The van der Waals surface area contributed by atoms with Crippen molar-refractivity contribution in [1.29, 1.82) is 0 Å². The van der Waals surface area contributed by atoms with Gasteiger partial charge in [-0.05, 0) is 66.9 Å². The summed E-state index contributed by atoms with van der Waals surface area (Å²) in [6, 6.07) is 6.10. The highest BCUT2D eigenvalue weighted by molar-refractivity contribution is 9.10. The van der Waals surface area contributed by atoms with Crippen molar-refractivity contribution in [3.8, 4) is 0 Å². The summed E-state index contributed by atoms with van der Waals surface area (Å²) in [7, 11) is 1.99. The molecule has 2 rings (SSSR count). The van der Waals surface area contributed by atoms with E-state index in [0.29, 0.717) is 16.6 Å². The van der Waals surface area contributed by atoms with Gasteiger partial charge < -0.3 is 10.6 Å². The van der Waals surface area contributed by atoms with E-state index in [9.17, 15) is 4.79 Å². The number of carbonyl (C=O) groups is 1. The second-order valence-electron chi connectivity index (χ2n) is 4.93. The molecule has 1 aromatic rings. The van der Waals surface area contributed by atoms with Crippen LogP contribution in [0.15, 0.2) is 22.7 Å². The SMILES string of the molecule is CNC1CCC(NC(=O)c2ccc(Cl)cc2Br)CC1. The Morgan fingerprint density at radius 1 is 1.26 bits per heavy atom. The molecule has 1 saturated carbocycles. The smallest absolute Gasteiger partial charge is 0.252 e. The number of amides is 1. The van der Waals surface area contributed by atoms with Gasteiger partial charge in [0.1, 0.15) is 0 Å². The average Bonchev–Trinajstić information content (AvgIpc) is 2.39. The van der Waals surface area contributed by atoms with Crippen molar-refractivity contribution in [3.63, 3.8) is 0 Å². The van der Waals surface area contributed by atoms with E-state index in [1.165, 1.54) is 0 Å². The van der Waals surface area contributed by atoms with E-state index in [1.807, 2.05) is 7.05 Å². The fourth-order valence-corrected chi connectivity index (χ4v) is 3.33. The fourth-order valence-electron chi connectivity index (χ4n) is 2.46. The van der Waals surface area contributed by atoms with E-state index in [4.69, 9.17) is 11.6 Å². The predicted octanol–water partition coefficient (Wildman–Crippen LogP) is 3.36. The first kappa shape index (κ1) is 14.8. The number of carbonyl (C=O) groups excluding carboxylic acids is 1. The predicted molar refractivity (Wildman–Crippen MR) is 81.7 cm³/mol.